The van der Waals surface area contributed by atoms with Crippen LogP contribution in [-0.4, -0.2) is 37.2 Å². The Hall–Kier alpha value is -4.19. The number of rotatable bonds is 34. The second kappa shape index (κ2) is 41.6. The minimum Gasteiger partial charge on any atom is -0.462 e. The van der Waals surface area contributed by atoms with Crippen molar-refractivity contribution in [1.29, 1.82) is 0 Å². The molecule has 0 bridgehead atoms. The van der Waals surface area contributed by atoms with Gasteiger partial charge in [-0.2, -0.15) is 0 Å². The van der Waals surface area contributed by atoms with Gasteiger partial charge in [-0.3, -0.25) is 14.4 Å². The van der Waals surface area contributed by atoms with Gasteiger partial charge in [0.05, 0.1) is 0 Å². The Bertz CT molecular complexity index is 1220. The molecule has 0 aliphatic heterocycles. The molecule has 0 saturated carbocycles. The Morgan fingerprint density at radius 3 is 1.31 bits per heavy atom. The summed E-state index contributed by atoms with van der Waals surface area (Å²) in [6.07, 6.45) is 56.3. The Kier molecular flexibility index (Phi) is 38.3. The number of allylic oxidation sites excluding steroid dienone is 20. The van der Waals surface area contributed by atoms with E-state index in [1.807, 2.05) is 54.7 Å². The lowest BCUT2D eigenvalue weighted by Gasteiger charge is -2.18. The summed E-state index contributed by atoms with van der Waals surface area (Å²) in [6, 6.07) is 0. The molecule has 0 spiro atoms. The topological polar surface area (TPSA) is 78.9 Å². The number of carbonyl (C=O) groups excluding carboxylic acids is 3. The van der Waals surface area contributed by atoms with Crippen molar-refractivity contribution in [3.63, 3.8) is 0 Å². The third kappa shape index (κ3) is 39.0. The lowest BCUT2D eigenvalue weighted by Crippen LogP contribution is -2.30. The summed E-state index contributed by atoms with van der Waals surface area (Å²) in [6.45, 7) is 6.08. The fraction of sp³-hybridized carbons (Fsp3) is 0.521. The van der Waals surface area contributed by atoms with Crippen molar-refractivity contribution >= 4 is 17.9 Å². The van der Waals surface area contributed by atoms with Gasteiger partial charge in [-0.1, -0.05) is 162 Å². The van der Waals surface area contributed by atoms with Crippen molar-refractivity contribution < 1.29 is 28.6 Å². The minimum atomic E-state index is -0.834. The van der Waals surface area contributed by atoms with Crippen LogP contribution in [0.25, 0.3) is 0 Å². The third-order valence-corrected chi connectivity index (χ3v) is 7.82. The molecule has 0 aliphatic rings. The monoisotopic (exact) mass is 745 g/mol. The maximum atomic E-state index is 12.7. The van der Waals surface area contributed by atoms with E-state index in [9.17, 15) is 14.4 Å². The van der Waals surface area contributed by atoms with Crippen LogP contribution in [0, 0.1) is 0 Å². The second-order valence-corrected chi connectivity index (χ2v) is 12.9. The van der Waals surface area contributed by atoms with Crippen LogP contribution in [0.3, 0.4) is 0 Å². The highest BCUT2D eigenvalue weighted by Crippen LogP contribution is 2.11. The lowest BCUT2D eigenvalue weighted by molar-refractivity contribution is -0.167. The number of esters is 3. The number of hydrogen-bond donors (Lipinski definition) is 0. The second-order valence-electron chi connectivity index (χ2n) is 12.9. The van der Waals surface area contributed by atoms with Crippen LogP contribution < -0.4 is 0 Å². The molecule has 6 nitrogen and oxygen atoms in total. The summed E-state index contributed by atoms with van der Waals surface area (Å²) in [7, 11) is 0. The van der Waals surface area contributed by atoms with E-state index in [1.54, 1.807) is 0 Å². The summed E-state index contributed by atoms with van der Waals surface area (Å²) in [5.74, 6) is -1.10. The fourth-order valence-electron chi connectivity index (χ4n) is 4.82. The summed E-state index contributed by atoms with van der Waals surface area (Å²) >= 11 is 0. The van der Waals surface area contributed by atoms with Crippen molar-refractivity contribution in [3.05, 3.63) is 122 Å². The molecule has 0 heterocycles. The number of carbonyl (C=O) groups is 3. The van der Waals surface area contributed by atoms with Crippen LogP contribution in [-0.2, 0) is 28.6 Å². The Balaban J connectivity index is 4.63. The van der Waals surface area contributed by atoms with Gasteiger partial charge in [0.25, 0.3) is 0 Å². The smallest absolute Gasteiger partial charge is 0.306 e. The first-order valence-corrected chi connectivity index (χ1v) is 20.6. The number of ether oxygens (including phenoxy) is 3. The summed E-state index contributed by atoms with van der Waals surface area (Å²) < 4.78 is 16.5. The van der Waals surface area contributed by atoms with Crippen molar-refractivity contribution in [2.24, 2.45) is 0 Å². The first-order valence-electron chi connectivity index (χ1n) is 20.6. The Labute approximate surface area is 329 Å². The Morgan fingerprint density at radius 1 is 0.389 bits per heavy atom. The molecule has 0 aromatic carbocycles. The molecular weight excluding hydrogens is 673 g/mol. The first-order chi connectivity index (χ1) is 26.5. The van der Waals surface area contributed by atoms with E-state index in [4.69, 9.17) is 14.2 Å². The molecule has 0 N–H and O–H groups in total. The quantitative estimate of drug-likeness (QED) is 0.0215. The van der Waals surface area contributed by atoms with Crippen molar-refractivity contribution in [3.8, 4) is 0 Å². The van der Waals surface area contributed by atoms with E-state index in [0.717, 1.165) is 89.9 Å². The van der Waals surface area contributed by atoms with Gasteiger partial charge in [-0.15, -0.1) is 0 Å². The van der Waals surface area contributed by atoms with Gasteiger partial charge in [0, 0.05) is 19.3 Å². The zero-order valence-corrected chi connectivity index (χ0v) is 33.9. The molecular formula is C48H72O6. The predicted octanol–water partition coefficient (Wildman–Crippen LogP) is 13.0. The largest absolute Gasteiger partial charge is 0.462 e. The molecule has 0 saturated heterocycles. The van der Waals surface area contributed by atoms with Crippen LogP contribution in [0.5, 0.6) is 0 Å². The molecule has 300 valence electrons. The summed E-state index contributed by atoms with van der Waals surface area (Å²) in [5.41, 5.74) is 0. The minimum absolute atomic E-state index is 0.137. The highest BCUT2D eigenvalue weighted by molar-refractivity contribution is 5.71. The van der Waals surface area contributed by atoms with E-state index in [-0.39, 0.29) is 50.4 Å². The predicted molar refractivity (Wildman–Crippen MR) is 228 cm³/mol. The van der Waals surface area contributed by atoms with E-state index in [0.29, 0.717) is 12.8 Å². The normalized spacial score (nSPS) is 13.3. The van der Waals surface area contributed by atoms with Gasteiger partial charge in [-0.05, 0) is 83.5 Å². The first kappa shape index (κ1) is 49.8. The summed E-state index contributed by atoms with van der Waals surface area (Å²) in [4.78, 5) is 37.5. The highest BCUT2D eigenvalue weighted by atomic mass is 16.6. The third-order valence-electron chi connectivity index (χ3n) is 7.82. The fourth-order valence-corrected chi connectivity index (χ4v) is 4.82. The average molecular weight is 745 g/mol. The molecule has 0 aromatic heterocycles. The van der Waals surface area contributed by atoms with Crippen LogP contribution in [0.1, 0.15) is 143 Å². The van der Waals surface area contributed by atoms with Gasteiger partial charge in [0.1, 0.15) is 13.2 Å². The molecule has 0 amide bonds. The molecule has 6 heteroatoms. The zero-order chi connectivity index (χ0) is 39.4. The van der Waals surface area contributed by atoms with Crippen molar-refractivity contribution in [2.75, 3.05) is 13.2 Å². The lowest BCUT2D eigenvalue weighted by atomic mass is 10.1. The van der Waals surface area contributed by atoms with E-state index < -0.39 is 6.10 Å². The Morgan fingerprint density at radius 2 is 0.778 bits per heavy atom. The molecule has 0 aliphatic carbocycles. The molecule has 1 unspecified atom stereocenters. The molecule has 0 fully saturated rings. The maximum Gasteiger partial charge on any atom is 0.306 e. The van der Waals surface area contributed by atoms with Gasteiger partial charge in [0.15, 0.2) is 6.10 Å². The van der Waals surface area contributed by atoms with Crippen molar-refractivity contribution in [2.45, 2.75) is 149 Å². The van der Waals surface area contributed by atoms with E-state index >= 15 is 0 Å². The van der Waals surface area contributed by atoms with Crippen LogP contribution in [0.2, 0.25) is 0 Å². The number of unbranched alkanes of at least 4 members (excludes halogenated alkanes) is 7. The van der Waals surface area contributed by atoms with Crippen LogP contribution >= 0.6 is 0 Å². The molecule has 0 radical (unpaired) electrons. The maximum absolute atomic E-state index is 12.7. The van der Waals surface area contributed by atoms with E-state index in [2.05, 4.69) is 87.6 Å². The summed E-state index contributed by atoms with van der Waals surface area (Å²) in [5, 5.41) is 0. The van der Waals surface area contributed by atoms with Gasteiger partial charge in [-0.25, -0.2) is 0 Å². The average Bonchev–Trinajstić information content (AvgIpc) is 3.17. The van der Waals surface area contributed by atoms with Gasteiger partial charge in [0.2, 0.25) is 0 Å². The van der Waals surface area contributed by atoms with Gasteiger partial charge < -0.3 is 14.2 Å². The molecule has 0 aromatic rings. The zero-order valence-electron chi connectivity index (χ0n) is 33.9. The SMILES string of the molecule is CC\C=C/C=C\C=C/C=C\C=C/CCCC(=O)OCC(COC(=O)CCC/C=C\C/C=C\C/C=C\CC)OC(=O)CCCCCCC/C=C\C/C=C\CC. The van der Waals surface area contributed by atoms with Crippen LogP contribution in [0.15, 0.2) is 122 Å². The van der Waals surface area contributed by atoms with Crippen LogP contribution in [0.4, 0.5) is 0 Å². The molecule has 0 rings (SSSR count). The molecule has 54 heavy (non-hydrogen) atoms. The standard InChI is InChI=1S/C48H72O6/c1-4-7-10-13-16-19-22-24-27-29-32-35-38-41-47(50)53-44-45(43-52-46(49)40-37-34-31-28-25-21-18-15-12-9-6-3)54-48(51)42-39-36-33-30-26-23-20-17-14-11-8-5-2/h7-13,16-22,24,27-29,31-32,45H,4-6,14-15,23,25-26,30,33-44H2,1-3H3/b10-7-,11-8-,12-9-,16-13-,20-17-,21-18-,22-19-,27-24-,31-28-,32-29-. The van der Waals surface area contributed by atoms with Gasteiger partial charge >= 0.3 is 17.9 Å². The highest BCUT2D eigenvalue weighted by Gasteiger charge is 2.19. The number of hydrogen-bond acceptors (Lipinski definition) is 6. The van der Waals surface area contributed by atoms with E-state index in [1.165, 1.54) is 0 Å². The van der Waals surface area contributed by atoms with Crippen molar-refractivity contribution in [1.82, 2.24) is 0 Å². The molecule has 1 atom stereocenters.